The van der Waals surface area contributed by atoms with Gasteiger partial charge in [-0.2, -0.15) is 0 Å². The Morgan fingerprint density at radius 2 is 2.47 bits per heavy atom. The number of aryl methyl sites for hydroxylation is 1. The monoisotopic (exact) mass is 226 g/mol. The van der Waals surface area contributed by atoms with Gasteiger partial charge in [-0.1, -0.05) is 6.08 Å². The Morgan fingerprint density at radius 1 is 1.73 bits per heavy atom. The fraction of sp³-hybridized carbons (Fsp3) is 0.400. The number of carboxylic acids is 1. The standard InChI is InChI=1S/C10H14N2O2S/c1-8-9(15-7-11-8)6-12(2)5-3-4-10(13)14/h3-4,7H,5-6H2,1-2H3,(H,13,14). The minimum Gasteiger partial charge on any atom is -0.478 e. The Hall–Kier alpha value is -1.20. The second-order valence-electron chi connectivity index (χ2n) is 3.30. The van der Waals surface area contributed by atoms with Crippen LogP contribution < -0.4 is 0 Å². The molecule has 0 aliphatic rings. The van der Waals surface area contributed by atoms with Crippen molar-refractivity contribution in [2.75, 3.05) is 13.6 Å². The first kappa shape index (κ1) is 11.9. The van der Waals surface area contributed by atoms with Crippen LogP contribution in [0.4, 0.5) is 0 Å². The van der Waals surface area contributed by atoms with Crippen LogP contribution in [0.25, 0.3) is 0 Å². The third-order valence-electron chi connectivity index (χ3n) is 1.94. The van der Waals surface area contributed by atoms with Gasteiger partial charge >= 0.3 is 5.97 Å². The van der Waals surface area contributed by atoms with E-state index in [4.69, 9.17) is 5.11 Å². The van der Waals surface area contributed by atoms with E-state index in [9.17, 15) is 4.79 Å². The summed E-state index contributed by atoms with van der Waals surface area (Å²) in [7, 11) is 1.95. The Kier molecular flexibility index (Phi) is 4.45. The van der Waals surface area contributed by atoms with Crippen molar-refractivity contribution < 1.29 is 9.90 Å². The van der Waals surface area contributed by atoms with Crippen molar-refractivity contribution in [3.8, 4) is 0 Å². The van der Waals surface area contributed by atoms with E-state index in [0.717, 1.165) is 18.3 Å². The molecule has 0 radical (unpaired) electrons. The van der Waals surface area contributed by atoms with Gasteiger partial charge in [0.2, 0.25) is 0 Å². The van der Waals surface area contributed by atoms with Crippen molar-refractivity contribution >= 4 is 17.3 Å². The maximum atomic E-state index is 10.2. The van der Waals surface area contributed by atoms with Crippen LogP contribution in [-0.4, -0.2) is 34.6 Å². The highest BCUT2D eigenvalue weighted by Gasteiger charge is 2.03. The second-order valence-corrected chi connectivity index (χ2v) is 4.24. The Labute approximate surface area is 92.9 Å². The van der Waals surface area contributed by atoms with Gasteiger partial charge in [0.15, 0.2) is 0 Å². The van der Waals surface area contributed by atoms with Crippen molar-refractivity contribution in [1.82, 2.24) is 9.88 Å². The molecular weight excluding hydrogens is 212 g/mol. The highest BCUT2D eigenvalue weighted by molar-refractivity contribution is 7.09. The molecule has 15 heavy (non-hydrogen) atoms. The van der Waals surface area contributed by atoms with Crippen molar-refractivity contribution in [3.63, 3.8) is 0 Å². The topological polar surface area (TPSA) is 53.4 Å². The van der Waals surface area contributed by atoms with Crippen LogP contribution in [0.2, 0.25) is 0 Å². The van der Waals surface area contributed by atoms with Crippen molar-refractivity contribution in [2.45, 2.75) is 13.5 Å². The highest BCUT2D eigenvalue weighted by atomic mass is 32.1. The summed E-state index contributed by atoms with van der Waals surface area (Å²) in [6.45, 7) is 3.41. The fourth-order valence-corrected chi connectivity index (χ4v) is 1.98. The van der Waals surface area contributed by atoms with Gasteiger partial charge in [-0.25, -0.2) is 9.78 Å². The lowest BCUT2D eigenvalue weighted by Crippen LogP contribution is -2.17. The lowest BCUT2D eigenvalue weighted by atomic mass is 10.3. The Morgan fingerprint density at radius 3 is 3.00 bits per heavy atom. The summed E-state index contributed by atoms with van der Waals surface area (Å²) in [5, 5.41) is 8.41. The largest absolute Gasteiger partial charge is 0.478 e. The number of carboxylic acid groups (broad SMARTS) is 1. The van der Waals surface area contributed by atoms with Crippen LogP contribution in [0.5, 0.6) is 0 Å². The maximum Gasteiger partial charge on any atom is 0.328 e. The molecule has 4 nitrogen and oxygen atoms in total. The summed E-state index contributed by atoms with van der Waals surface area (Å²) in [6, 6.07) is 0. The molecule has 0 unspecified atom stereocenters. The first-order valence-electron chi connectivity index (χ1n) is 4.56. The van der Waals surface area contributed by atoms with Crippen LogP contribution in [0.15, 0.2) is 17.7 Å². The van der Waals surface area contributed by atoms with Crippen molar-refractivity contribution in [3.05, 3.63) is 28.2 Å². The molecule has 5 heteroatoms. The molecule has 1 aromatic rings. The first-order chi connectivity index (χ1) is 7.09. The molecule has 1 aromatic heterocycles. The van der Waals surface area contributed by atoms with E-state index < -0.39 is 5.97 Å². The lowest BCUT2D eigenvalue weighted by Gasteiger charge is -2.12. The molecule has 0 atom stereocenters. The van der Waals surface area contributed by atoms with Crippen LogP contribution in [0, 0.1) is 6.92 Å². The Balaban J connectivity index is 2.40. The number of thiazole rings is 1. The van der Waals surface area contributed by atoms with E-state index in [1.807, 2.05) is 24.4 Å². The molecule has 0 aliphatic heterocycles. The molecule has 0 spiro atoms. The maximum absolute atomic E-state index is 10.2. The molecule has 0 fully saturated rings. The van der Waals surface area contributed by atoms with Crippen molar-refractivity contribution in [1.29, 1.82) is 0 Å². The minimum absolute atomic E-state index is 0.629. The van der Waals surface area contributed by atoms with Gasteiger partial charge in [-0.3, -0.25) is 4.90 Å². The Bertz CT molecular complexity index is 360. The summed E-state index contributed by atoms with van der Waals surface area (Å²) in [6.07, 6.45) is 2.80. The van der Waals surface area contributed by atoms with Crippen LogP contribution in [-0.2, 0) is 11.3 Å². The number of aromatic nitrogens is 1. The molecule has 1 N–H and O–H groups in total. The third-order valence-corrected chi connectivity index (χ3v) is 2.86. The number of hydrogen-bond acceptors (Lipinski definition) is 4. The predicted octanol–water partition coefficient (Wildman–Crippen LogP) is 1.52. The third kappa shape index (κ3) is 4.22. The molecule has 1 rings (SSSR count). The molecule has 0 bridgehead atoms. The summed E-state index contributed by atoms with van der Waals surface area (Å²) in [5.41, 5.74) is 2.88. The molecular formula is C10H14N2O2S. The average molecular weight is 226 g/mol. The number of rotatable bonds is 5. The van der Waals surface area contributed by atoms with Gasteiger partial charge in [0, 0.05) is 24.0 Å². The molecule has 0 saturated heterocycles. The SMILES string of the molecule is Cc1ncsc1CN(C)CC=CC(=O)O. The van der Waals surface area contributed by atoms with Gasteiger partial charge in [0.05, 0.1) is 11.2 Å². The van der Waals surface area contributed by atoms with Gasteiger partial charge in [0.1, 0.15) is 0 Å². The van der Waals surface area contributed by atoms with Gasteiger partial charge in [0.25, 0.3) is 0 Å². The number of aliphatic carboxylic acids is 1. The summed E-state index contributed by atoms with van der Waals surface area (Å²) in [5.74, 6) is -0.905. The molecule has 1 heterocycles. The minimum atomic E-state index is -0.905. The lowest BCUT2D eigenvalue weighted by molar-refractivity contribution is -0.131. The van der Waals surface area contributed by atoms with E-state index in [-0.39, 0.29) is 0 Å². The van der Waals surface area contributed by atoms with E-state index in [1.54, 1.807) is 17.4 Å². The molecule has 0 aromatic carbocycles. The molecule has 0 aliphatic carbocycles. The summed E-state index contributed by atoms with van der Waals surface area (Å²) >= 11 is 1.62. The normalized spacial score (nSPS) is 11.4. The van der Waals surface area contributed by atoms with Crippen LogP contribution >= 0.6 is 11.3 Å². The van der Waals surface area contributed by atoms with E-state index in [0.29, 0.717) is 6.54 Å². The van der Waals surface area contributed by atoms with E-state index >= 15 is 0 Å². The predicted molar refractivity (Wildman–Crippen MR) is 60.0 cm³/mol. The van der Waals surface area contributed by atoms with E-state index in [2.05, 4.69) is 4.98 Å². The van der Waals surface area contributed by atoms with Crippen LogP contribution in [0.3, 0.4) is 0 Å². The highest BCUT2D eigenvalue weighted by Crippen LogP contribution is 2.13. The molecule has 82 valence electrons. The summed E-state index contributed by atoms with van der Waals surface area (Å²) in [4.78, 5) is 17.7. The average Bonchev–Trinajstić information content (AvgIpc) is 2.51. The first-order valence-corrected chi connectivity index (χ1v) is 5.44. The zero-order valence-corrected chi connectivity index (χ0v) is 9.62. The summed E-state index contributed by atoms with van der Waals surface area (Å²) < 4.78 is 0. The van der Waals surface area contributed by atoms with Gasteiger partial charge in [-0.05, 0) is 14.0 Å². The fourth-order valence-electron chi connectivity index (χ4n) is 1.12. The van der Waals surface area contributed by atoms with Gasteiger partial charge in [-0.15, -0.1) is 11.3 Å². The van der Waals surface area contributed by atoms with Gasteiger partial charge < -0.3 is 5.11 Å². The molecule has 0 saturated carbocycles. The smallest absolute Gasteiger partial charge is 0.328 e. The number of nitrogens with zero attached hydrogens (tertiary/aromatic N) is 2. The van der Waals surface area contributed by atoms with Crippen LogP contribution in [0.1, 0.15) is 10.6 Å². The quantitative estimate of drug-likeness (QED) is 0.773. The number of likely N-dealkylation sites (N-methyl/N-ethyl adjacent to an activating group) is 1. The zero-order chi connectivity index (χ0) is 11.3. The zero-order valence-electron chi connectivity index (χ0n) is 8.80. The van der Waals surface area contributed by atoms with E-state index in [1.165, 1.54) is 4.88 Å². The number of hydrogen-bond donors (Lipinski definition) is 1. The number of carbonyl (C=O) groups is 1. The molecule has 0 amide bonds. The second kappa shape index (κ2) is 5.63. The van der Waals surface area contributed by atoms with Crippen molar-refractivity contribution in [2.24, 2.45) is 0 Å².